The van der Waals surface area contributed by atoms with E-state index in [9.17, 15) is 33.0 Å². The first-order chi connectivity index (χ1) is 31.0. The number of hydrogen-bond acceptors (Lipinski definition) is 10. The number of nitrogens with zero attached hydrogens (tertiary/aromatic N) is 3. The first kappa shape index (κ1) is 48.0. The number of carbonyl (C=O) groups is 6. The average Bonchev–Trinajstić information content (AvgIpc) is 3.29. The van der Waals surface area contributed by atoms with Gasteiger partial charge in [0.15, 0.2) is 0 Å². The normalized spacial score (nSPS) is 12.3. The van der Waals surface area contributed by atoms with Crippen LogP contribution in [-0.2, 0) is 37.2 Å². The Labute approximate surface area is 394 Å². The summed E-state index contributed by atoms with van der Waals surface area (Å²) in [7, 11) is -2.46. The van der Waals surface area contributed by atoms with Crippen LogP contribution < -0.4 is 21.3 Å². The van der Waals surface area contributed by atoms with E-state index >= 15 is 0 Å². The topological polar surface area (TPSA) is 206 Å². The molecule has 0 aliphatic rings. The fraction of sp³-hybridized carbons (Fsp3) is 0.130. The maximum absolute atomic E-state index is 13.2. The summed E-state index contributed by atoms with van der Waals surface area (Å²) >= 11 is 24.1. The number of halogens is 4. The number of pyridine rings is 2. The van der Waals surface area contributed by atoms with Crippen LogP contribution in [0.5, 0.6) is 0 Å². The van der Waals surface area contributed by atoms with Crippen LogP contribution in [0.2, 0.25) is 20.1 Å². The van der Waals surface area contributed by atoms with Gasteiger partial charge in [-0.05, 0) is 109 Å². The SMILES string of the molecule is C[C@@H](Cc1ccc(C(=O)Nc2ccc(Cl)cc2C(=O)Nc2ccc(Cl)cn2)cc1)C(=O)N=[S-](=O)C(=O)[C@@H](C)Cc1ccc(C(=O)Nc2ccc(Cl)cc2C(=O)Nc2ccc(Cl)cn2)cc1. The molecule has 2 atom stereocenters. The van der Waals surface area contributed by atoms with Crippen LogP contribution >= 0.6 is 46.4 Å². The zero-order valence-electron chi connectivity index (χ0n) is 34.2. The molecule has 6 rings (SSSR count). The minimum Gasteiger partial charge on any atom is -0.437 e. The number of carbonyl (C=O) groups excluding carboxylic acids is 6. The standard InChI is InChI=1S/C46H36Cl4N7O7S/c1-25(19-27-3-7-29(8-4-27)42(59)53-37-15-11-31(47)21-35(37)44(61)55-39-17-13-33(49)23-51-39)41(58)57-65(64)46(63)26(2)20-28-5-9-30(10-6-28)43(60)54-38-16-12-32(48)22-36(38)45(62)56-40-18-14-34(50)24-52-40/h3-18,21-26H,19-20H2,1-2H3,(H,53,59)(H,54,60)(H,51,55,61)(H,52,56,62)/q-1/t25-,26-/m0/s1. The highest BCUT2D eigenvalue weighted by molar-refractivity contribution is 7.91. The van der Waals surface area contributed by atoms with E-state index in [4.69, 9.17) is 46.4 Å². The van der Waals surface area contributed by atoms with Gasteiger partial charge in [0.2, 0.25) is 5.91 Å². The molecule has 0 aliphatic carbocycles. The van der Waals surface area contributed by atoms with Crippen LogP contribution in [-0.4, -0.2) is 44.6 Å². The van der Waals surface area contributed by atoms with Gasteiger partial charge >= 0.3 is 0 Å². The lowest BCUT2D eigenvalue weighted by atomic mass is 9.99. The largest absolute Gasteiger partial charge is 0.437 e. The third-order valence-corrected chi connectivity index (χ3v) is 11.6. The van der Waals surface area contributed by atoms with Crippen LogP contribution in [0.1, 0.15) is 66.4 Å². The summed E-state index contributed by atoms with van der Waals surface area (Å²) in [4.78, 5) is 86.6. The van der Waals surface area contributed by atoms with Crippen molar-refractivity contribution in [1.29, 1.82) is 0 Å². The van der Waals surface area contributed by atoms with Gasteiger partial charge in [0.1, 0.15) is 11.6 Å². The Kier molecular flexibility index (Phi) is 16.2. The van der Waals surface area contributed by atoms with E-state index in [1.165, 1.54) is 60.9 Å². The van der Waals surface area contributed by atoms with Gasteiger partial charge in [-0.3, -0.25) is 24.0 Å². The van der Waals surface area contributed by atoms with E-state index in [-0.39, 0.29) is 68.2 Å². The molecule has 5 amide bonds. The van der Waals surface area contributed by atoms with Crippen molar-refractivity contribution in [3.05, 3.63) is 175 Å². The number of nitrogens with one attached hydrogen (secondary N) is 4. The summed E-state index contributed by atoms with van der Waals surface area (Å²) in [5.41, 5.74) is 2.45. The van der Waals surface area contributed by atoms with Gasteiger partial charge in [-0.25, -0.2) is 9.97 Å². The molecule has 0 fully saturated rings. The van der Waals surface area contributed by atoms with Crippen molar-refractivity contribution >= 4 is 115 Å². The summed E-state index contributed by atoms with van der Waals surface area (Å²) in [6.07, 6.45) is 3.09. The quantitative estimate of drug-likeness (QED) is 0.0765. The molecule has 0 saturated carbocycles. The Hall–Kier alpha value is -6.49. The van der Waals surface area contributed by atoms with E-state index in [1.54, 1.807) is 74.5 Å². The maximum atomic E-state index is 13.2. The second kappa shape index (κ2) is 21.9. The summed E-state index contributed by atoms with van der Waals surface area (Å²) in [5, 5.41) is 11.3. The van der Waals surface area contributed by atoms with Crippen LogP contribution in [0, 0.1) is 11.8 Å². The van der Waals surface area contributed by atoms with Gasteiger partial charge in [-0.2, -0.15) is 0 Å². The van der Waals surface area contributed by atoms with E-state index in [2.05, 4.69) is 35.6 Å². The molecule has 6 aromatic rings. The van der Waals surface area contributed by atoms with Crippen LogP contribution in [0.25, 0.3) is 0 Å². The van der Waals surface area contributed by atoms with Crippen molar-refractivity contribution in [3.8, 4) is 0 Å². The fourth-order valence-corrected chi connectivity index (χ4v) is 7.56. The molecule has 4 aromatic carbocycles. The number of rotatable bonds is 14. The molecule has 332 valence electrons. The molecular weight excluding hydrogens is 936 g/mol. The monoisotopic (exact) mass is 970 g/mol. The maximum Gasteiger partial charge on any atom is 0.258 e. The van der Waals surface area contributed by atoms with Crippen LogP contribution in [0.15, 0.2) is 126 Å². The fourth-order valence-electron chi connectivity index (χ4n) is 6.13. The third-order valence-electron chi connectivity index (χ3n) is 9.57. The smallest absolute Gasteiger partial charge is 0.258 e. The summed E-state index contributed by atoms with van der Waals surface area (Å²) < 4.78 is 16.6. The van der Waals surface area contributed by atoms with Gasteiger partial charge in [0.05, 0.1) is 37.7 Å². The summed E-state index contributed by atoms with van der Waals surface area (Å²) in [5.74, 6) is -3.93. The van der Waals surface area contributed by atoms with E-state index in [0.29, 0.717) is 21.2 Å². The second-order valence-electron chi connectivity index (χ2n) is 14.5. The molecule has 4 N–H and O–H groups in total. The molecule has 0 radical (unpaired) electrons. The molecule has 0 aliphatic heterocycles. The molecule has 0 bridgehead atoms. The Bertz CT molecular complexity index is 2880. The lowest BCUT2D eigenvalue weighted by Gasteiger charge is -2.15. The van der Waals surface area contributed by atoms with Gasteiger partial charge in [-0.1, -0.05) is 84.5 Å². The number of amides is 5. The van der Waals surface area contributed by atoms with E-state index in [1.807, 2.05) is 0 Å². The van der Waals surface area contributed by atoms with E-state index < -0.39 is 57.1 Å². The van der Waals surface area contributed by atoms with Crippen molar-refractivity contribution < 1.29 is 33.0 Å². The van der Waals surface area contributed by atoms with Crippen molar-refractivity contribution in [2.75, 3.05) is 21.3 Å². The zero-order chi connectivity index (χ0) is 46.8. The molecule has 2 heterocycles. The number of aromatic nitrogens is 2. The Morgan fingerprint density at radius 2 is 0.923 bits per heavy atom. The van der Waals surface area contributed by atoms with Crippen molar-refractivity contribution in [2.24, 2.45) is 16.2 Å². The molecule has 0 spiro atoms. The lowest BCUT2D eigenvalue weighted by Crippen LogP contribution is -2.19. The molecule has 65 heavy (non-hydrogen) atoms. The molecular formula is C46H36Cl4N7O7S-. The minimum absolute atomic E-state index is 0.0962. The van der Waals surface area contributed by atoms with Gasteiger partial charge in [-0.15, -0.1) is 10.6 Å². The van der Waals surface area contributed by atoms with Crippen molar-refractivity contribution in [3.63, 3.8) is 0 Å². The van der Waals surface area contributed by atoms with Crippen molar-refractivity contribution in [2.45, 2.75) is 26.7 Å². The Morgan fingerprint density at radius 3 is 1.32 bits per heavy atom. The first-order valence-corrected chi connectivity index (χ1v) is 22.1. The summed E-state index contributed by atoms with van der Waals surface area (Å²) in [6.45, 7) is 3.15. The Balaban J connectivity index is 1.000. The predicted molar refractivity (Wildman–Crippen MR) is 252 cm³/mol. The molecule has 14 nitrogen and oxygen atoms in total. The highest BCUT2D eigenvalue weighted by atomic mass is 35.5. The van der Waals surface area contributed by atoms with Crippen LogP contribution in [0.3, 0.4) is 0 Å². The van der Waals surface area contributed by atoms with Crippen molar-refractivity contribution in [1.82, 2.24) is 9.97 Å². The van der Waals surface area contributed by atoms with Gasteiger partial charge in [0, 0.05) is 45.4 Å². The average molecular weight is 973 g/mol. The number of hydrogen-bond donors (Lipinski definition) is 4. The minimum atomic E-state index is -2.46. The zero-order valence-corrected chi connectivity index (χ0v) is 38.1. The molecule has 0 unspecified atom stereocenters. The Morgan fingerprint density at radius 1 is 0.523 bits per heavy atom. The lowest BCUT2D eigenvalue weighted by molar-refractivity contribution is -0.121. The number of anilines is 4. The number of benzene rings is 4. The third kappa shape index (κ3) is 13.3. The molecule has 19 heteroatoms. The summed E-state index contributed by atoms with van der Waals surface area (Å²) in [6, 6.07) is 27.8. The van der Waals surface area contributed by atoms with Crippen LogP contribution in [0.4, 0.5) is 23.0 Å². The molecule has 2 aromatic heterocycles. The van der Waals surface area contributed by atoms with Gasteiger partial charge < -0.3 is 34.6 Å². The second-order valence-corrected chi connectivity index (χ2v) is 17.4. The first-order valence-electron chi connectivity index (χ1n) is 19.5. The highest BCUT2D eigenvalue weighted by Gasteiger charge is 2.19. The van der Waals surface area contributed by atoms with E-state index in [0.717, 1.165) is 0 Å². The predicted octanol–water partition coefficient (Wildman–Crippen LogP) is 10.4. The van der Waals surface area contributed by atoms with Gasteiger partial charge in [0.25, 0.3) is 23.6 Å². The molecule has 0 saturated heterocycles. The highest BCUT2D eigenvalue weighted by Crippen LogP contribution is 2.25.